The molecule has 0 amide bonds. The smallest absolute Gasteiger partial charge is 0.0714 e. The standard InChI is InChI=1S/C61H45NS/c1-6-20-44(21-7-1)45-34-36-48(37-35-45)62(49-39-41-60-56(42-49)55-31-17-19-33-59(55)63(60,51-26-12-4-13-27-51)52-28-14-5-15-29-52)50-38-40-54-53-30-16-18-32-57(53)61(58(54)43-50,46-22-8-2-9-23-46)47-24-10-3-11-25-47/h1-4,6-14,16-43H,5,15H2. The van der Waals surface area contributed by atoms with Crippen LogP contribution in [0.2, 0.25) is 0 Å². The van der Waals surface area contributed by atoms with Crippen LogP contribution in [-0.2, 0) is 5.41 Å². The van der Waals surface area contributed by atoms with Gasteiger partial charge in [0.1, 0.15) is 0 Å². The summed E-state index contributed by atoms with van der Waals surface area (Å²) >= 11 is 0. The van der Waals surface area contributed by atoms with E-state index in [-0.39, 0.29) is 0 Å². The van der Waals surface area contributed by atoms with E-state index in [1.54, 1.807) is 0 Å². The molecule has 12 rings (SSSR count). The van der Waals surface area contributed by atoms with Crippen LogP contribution in [0.25, 0.3) is 33.4 Å². The molecule has 2 aliphatic carbocycles. The van der Waals surface area contributed by atoms with Crippen molar-refractivity contribution < 1.29 is 0 Å². The van der Waals surface area contributed by atoms with Gasteiger partial charge in [-0.2, -0.15) is 0 Å². The van der Waals surface area contributed by atoms with Gasteiger partial charge in [-0.15, -0.1) is 10.0 Å². The molecule has 0 radical (unpaired) electrons. The first-order valence-electron chi connectivity index (χ1n) is 22.1. The van der Waals surface area contributed by atoms with Crippen LogP contribution in [0.3, 0.4) is 0 Å². The second-order valence-corrected chi connectivity index (χ2v) is 19.7. The van der Waals surface area contributed by atoms with E-state index in [0.29, 0.717) is 0 Å². The van der Waals surface area contributed by atoms with Gasteiger partial charge in [0.2, 0.25) is 0 Å². The quantitative estimate of drug-likeness (QED) is 0.148. The van der Waals surface area contributed by atoms with Gasteiger partial charge < -0.3 is 4.90 Å². The SMILES string of the molecule is C1=CC(S2(c3ccccc3)c3ccccc3-c3cc(N(c4ccc(-c5ccccc5)cc4)c4ccc5c(c4)C(c4ccccc4)(c4ccccc4)c4ccccc4-5)ccc32)=CCC1. The molecule has 0 bridgehead atoms. The van der Waals surface area contributed by atoms with Gasteiger partial charge in [0.15, 0.2) is 0 Å². The van der Waals surface area contributed by atoms with E-state index in [9.17, 15) is 0 Å². The van der Waals surface area contributed by atoms with Crippen molar-refractivity contribution in [2.75, 3.05) is 4.90 Å². The Morgan fingerprint density at radius 1 is 0.381 bits per heavy atom. The highest BCUT2D eigenvalue weighted by Gasteiger charge is 2.47. The highest BCUT2D eigenvalue weighted by molar-refractivity contribution is 8.37. The summed E-state index contributed by atoms with van der Waals surface area (Å²) in [5.41, 5.74) is 15.6. The molecule has 63 heavy (non-hydrogen) atoms. The van der Waals surface area contributed by atoms with Crippen molar-refractivity contribution >= 4 is 27.1 Å². The van der Waals surface area contributed by atoms with Crippen LogP contribution in [0.4, 0.5) is 17.1 Å². The van der Waals surface area contributed by atoms with Gasteiger partial charge in [-0.25, -0.2) is 0 Å². The molecule has 3 aliphatic rings. The van der Waals surface area contributed by atoms with Gasteiger partial charge in [0.25, 0.3) is 0 Å². The van der Waals surface area contributed by atoms with Crippen molar-refractivity contribution in [2.45, 2.75) is 32.9 Å². The molecule has 0 aromatic heterocycles. The lowest BCUT2D eigenvalue weighted by Crippen LogP contribution is -2.28. The first-order valence-corrected chi connectivity index (χ1v) is 23.7. The lowest BCUT2D eigenvalue weighted by Gasteiger charge is -2.41. The van der Waals surface area contributed by atoms with Gasteiger partial charge in [0.05, 0.1) is 5.41 Å². The minimum absolute atomic E-state index is 0.510. The average molecular weight is 824 g/mol. The largest absolute Gasteiger partial charge is 0.310 e. The Bertz CT molecular complexity index is 3170. The molecule has 1 heterocycles. The zero-order valence-electron chi connectivity index (χ0n) is 34.9. The number of hydrogen-bond donors (Lipinski definition) is 0. The van der Waals surface area contributed by atoms with Crippen molar-refractivity contribution in [3.63, 3.8) is 0 Å². The maximum atomic E-state index is 2.51. The number of anilines is 3. The Kier molecular flexibility index (Phi) is 9.02. The van der Waals surface area contributed by atoms with Crippen molar-refractivity contribution in [2.24, 2.45) is 0 Å². The predicted molar refractivity (Wildman–Crippen MR) is 265 cm³/mol. The Morgan fingerprint density at radius 2 is 0.921 bits per heavy atom. The third-order valence-corrected chi connectivity index (χ3v) is 17.4. The minimum Gasteiger partial charge on any atom is -0.310 e. The monoisotopic (exact) mass is 823 g/mol. The molecule has 1 aliphatic heterocycles. The van der Waals surface area contributed by atoms with Crippen molar-refractivity contribution in [3.05, 3.63) is 276 Å². The molecule has 0 spiro atoms. The summed E-state index contributed by atoms with van der Waals surface area (Å²) in [4.78, 5) is 8.13. The van der Waals surface area contributed by atoms with Gasteiger partial charge in [-0.1, -0.05) is 188 Å². The van der Waals surface area contributed by atoms with Crippen molar-refractivity contribution in [3.8, 4) is 33.4 Å². The number of benzene rings is 9. The Morgan fingerprint density at radius 3 is 1.62 bits per heavy atom. The molecule has 9 aromatic carbocycles. The minimum atomic E-state index is -1.73. The second kappa shape index (κ2) is 15.2. The van der Waals surface area contributed by atoms with E-state index in [0.717, 1.165) is 29.9 Å². The van der Waals surface area contributed by atoms with E-state index in [4.69, 9.17) is 0 Å². The van der Waals surface area contributed by atoms with Crippen LogP contribution in [-0.4, -0.2) is 0 Å². The van der Waals surface area contributed by atoms with E-state index in [2.05, 4.69) is 254 Å². The fourth-order valence-corrected chi connectivity index (χ4v) is 15.1. The molecule has 1 atom stereocenters. The highest BCUT2D eigenvalue weighted by atomic mass is 32.3. The molecule has 1 nitrogen and oxygen atoms in total. The Hall–Kier alpha value is -7.39. The fraction of sp³-hybridized carbons (Fsp3) is 0.0492. The summed E-state index contributed by atoms with van der Waals surface area (Å²) in [6, 6.07) is 86.1. The molecular weight excluding hydrogens is 779 g/mol. The summed E-state index contributed by atoms with van der Waals surface area (Å²) in [7, 11) is -1.73. The number of allylic oxidation sites excluding steroid dienone is 3. The first-order chi connectivity index (χ1) is 31.3. The highest BCUT2D eigenvalue weighted by Crippen LogP contribution is 2.80. The second-order valence-electron chi connectivity index (χ2n) is 16.7. The van der Waals surface area contributed by atoms with Crippen molar-refractivity contribution in [1.82, 2.24) is 0 Å². The van der Waals surface area contributed by atoms with Gasteiger partial charge >= 0.3 is 0 Å². The first kappa shape index (κ1) is 37.4. The van der Waals surface area contributed by atoms with E-state index in [1.165, 1.54) is 75.2 Å². The van der Waals surface area contributed by atoms with Crippen molar-refractivity contribution in [1.29, 1.82) is 0 Å². The summed E-state index contributed by atoms with van der Waals surface area (Å²) in [5.74, 6) is 0. The van der Waals surface area contributed by atoms with Crippen LogP contribution < -0.4 is 4.90 Å². The molecular formula is C61H45NS. The lowest BCUT2D eigenvalue weighted by molar-refractivity contribution is 0.768. The van der Waals surface area contributed by atoms with Crippen LogP contribution in [0.15, 0.2) is 268 Å². The van der Waals surface area contributed by atoms with Crippen LogP contribution in [0.5, 0.6) is 0 Å². The number of rotatable bonds is 8. The lowest BCUT2D eigenvalue weighted by atomic mass is 9.67. The molecule has 9 aromatic rings. The number of nitrogens with zero attached hydrogens (tertiary/aromatic N) is 1. The van der Waals surface area contributed by atoms with Crippen LogP contribution in [0, 0.1) is 0 Å². The normalized spacial score (nSPS) is 17.4. The van der Waals surface area contributed by atoms with Gasteiger partial charge in [-0.05, 0) is 134 Å². The third-order valence-electron chi connectivity index (χ3n) is 13.4. The molecule has 300 valence electrons. The van der Waals surface area contributed by atoms with Crippen LogP contribution in [0.1, 0.15) is 35.1 Å². The number of hydrogen-bond acceptors (Lipinski definition) is 1. The van der Waals surface area contributed by atoms with E-state index >= 15 is 0 Å². The summed E-state index contributed by atoms with van der Waals surface area (Å²) in [5, 5.41) is 0. The fourth-order valence-electron chi connectivity index (χ4n) is 10.7. The summed E-state index contributed by atoms with van der Waals surface area (Å²) in [6.07, 6.45) is 9.45. The zero-order chi connectivity index (χ0) is 41.8. The molecule has 2 heteroatoms. The molecule has 0 saturated heterocycles. The Labute approximate surface area is 372 Å². The topological polar surface area (TPSA) is 3.24 Å². The summed E-state index contributed by atoms with van der Waals surface area (Å²) < 4.78 is 0. The molecule has 0 fully saturated rings. The third kappa shape index (κ3) is 5.72. The Balaban J connectivity index is 1.11. The van der Waals surface area contributed by atoms with E-state index in [1.807, 2.05) is 0 Å². The van der Waals surface area contributed by atoms with Gasteiger partial charge in [0, 0.05) is 31.7 Å². The molecule has 1 unspecified atom stereocenters. The molecule has 0 N–H and O–H groups in total. The summed E-state index contributed by atoms with van der Waals surface area (Å²) in [6.45, 7) is 0. The average Bonchev–Trinajstić information content (AvgIpc) is 3.84. The zero-order valence-corrected chi connectivity index (χ0v) is 35.8. The molecule has 0 saturated carbocycles. The maximum absolute atomic E-state index is 2.51. The maximum Gasteiger partial charge on any atom is 0.0714 e. The predicted octanol–water partition coefficient (Wildman–Crippen LogP) is 16.7. The van der Waals surface area contributed by atoms with Gasteiger partial charge in [-0.3, -0.25) is 0 Å². The number of fused-ring (bicyclic) bond motifs is 6. The van der Waals surface area contributed by atoms with Crippen LogP contribution >= 0.6 is 10.0 Å². The van der Waals surface area contributed by atoms with E-state index < -0.39 is 15.4 Å².